The van der Waals surface area contributed by atoms with Crippen molar-refractivity contribution in [3.8, 4) is 0 Å². The first-order valence-corrected chi connectivity index (χ1v) is 7.27. The van der Waals surface area contributed by atoms with Gasteiger partial charge in [-0.2, -0.15) is 0 Å². The van der Waals surface area contributed by atoms with Crippen molar-refractivity contribution in [3.63, 3.8) is 0 Å². The quantitative estimate of drug-likeness (QED) is 0.205. The number of hydrogen-bond acceptors (Lipinski definition) is 16. The van der Waals surface area contributed by atoms with Crippen LogP contribution < -0.4 is 40.9 Å². The summed E-state index contributed by atoms with van der Waals surface area (Å²) in [5.74, 6) is -8.67. The van der Waals surface area contributed by atoms with E-state index >= 15 is 0 Å². The average molecular weight is 799 g/mol. The minimum absolute atomic E-state index is 0. The molecule has 0 unspecified atom stereocenters. The number of carboxylic acid groups (broad SMARTS) is 8. The van der Waals surface area contributed by atoms with E-state index < -0.39 is 47.8 Å². The summed E-state index contributed by atoms with van der Waals surface area (Å²) in [7, 11) is 0. The van der Waals surface area contributed by atoms with Gasteiger partial charge in [-0.05, 0) is 55.4 Å². The zero-order valence-corrected chi connectivity index (χ0v) is 24.0. The van der Waals surface area contributed by atoms with E-state index in [0.717, 1.165) is 55.4 Å². The Hall–Kier alpha value is -2.10. The van der Waals surface area contributed by atoms with Crippen molar-refractivity contribution in [2.75, 3.05) is 0 Å². The van der Waals surface area contributed by atoms with Crippen LogP contribution in [0.15, 0.2) is 0 Å². The van der Waals surface area contributed by atoms with Crippen LogP contribution in [0.1, 0.15) is 61.1 Å². The Morgan fingerprint density at radius 3 is 0.314 bits per heavy atom. The topological polar surface area (TPSA) is 321 Å². The minimum atomic E-state index is -1.08. The van der Waals surface area contributed by atoms with Crippen LogP contribution in [-0.4, -0.2) is 47.8 Å². The maximum Gasteiger partial charge on any atom is 2.00 e. The second-order valence-electron chi connectivity index (χ2n) is 3.93. The summed E-state index contributed by atoms with van der Waals surface area (Å²) < 4.78 is 0. The predicted octanol–water partition coefficient (Wildman–Crippen LogP) is -9.51. The molecule has 19 heteroatoms. The van der Waals surface area contributed by atoms with Gasteiger partial charge in [0.2, 0.25) is 0 Å². The van der Waals surface area contributed by atoms with Gasteiger partial charge in [0.25, 0.3) is 0 Å². The van der Waals surface area contributed by atoms with Gasteiger partial charge < -0.3 is 79.2 Å². The van der Waals surface area contributed by atoms with Gasteiger partial charge >= 0.3 is 70.9 Å². The summed E-state index contributed by atoms with van der Waals surface area (Å²) in [6.07, 6.45) is 0. The molecule has 16 nitrogen and oxygen atoms in total. The molecule has 0 saturated carbocycles. The zero-order valence-electron chi connectivity index (χ0n) is 23.5. The van der Waals surface area contributed by atoms with Crippen molar-refractivity contribution in [2.24, 2.45) is 0 Å². The number of hydrogen-bond donors (Lipinski definition) is 0. The summed E-state index contributed by atoms with van der Waals surface area (Å²) in [5, 5.41) is 71.1. The maximum absolute atomic E-state index is 8.89. The summed E-state index contributed by atoms with van der Waals surface area (Å²) >= 11 is 0. The second-order valence-corrected chi connectivity index (χ2v) is 3.93. The molecule has 0 amide bonds. The van der Waals surface area contributed by atoms with Gasteiger partial charge in [0.1, 0.15) is 0 Å². The van der Waals surface area contributed by atoms with Crippen molar-refractivity contribution >= 4 is 47.8 Å². The zero-order chi connectivity index (χ0) is 28.6. The van der Waals surface area contributed by atoms with Crippen LogP contribution >= 0.6 is 0 Å². The van der Waals surface area contributed by atoms with Gasteiger partial charge in [-0.3, -0.25) is 0 Å². The molecule has 220 valence electrons. The van der Waals surface area contributed by atoms with Crippen LogP contribution in [-0.2, 0) is 104 Å². The van der Waals surface area contributed by atoms with E-state index in [1.54, 1.807) is 0 Å². The minimum Gasteiger partial charge on any atom is -0.550 e. The van der Waals surface area contributed by atoms with Crippen molar-refractivity contribution in [3.05, 3.63) is 0 Å². The molecule has 0 radical (unpaired) electrons. The first kappa shape index (κ1) is 69.8. The molecule has 0 atom stereocenters. The summed E-state index contributed by atoms with van der Waals surface area (Å²) in [5.41, 5.74) is 0. The molecule has 0 fully saturated rings. The van der Waals surface area contributed by atoms with Gasteiger partial charge in [-0.25, -0.2) is 0 Å². The maximum atomic E-state index is 8.89. The number of aliphatic carboxylic acids is 8. The fourth-order valence-corrected chi connectivity index (χ4v) is 0. The Morgan fingerprint density at radius 2 is 0.314 bits per heavy atom. The molecule has 0 aromatic carbocycles. The molecule has 0 aliphatic rings. The Balaban J connectivity index is -0.0000000127. The summed E-state index contributed by atoms with van der Waals surface area (Å²) in [6.45, 7) is 7.78. The monoisotopic (exact) mass is 796 g/mol. The molecule has 0 aliphatic heterocycles. The van der Waals surface area contributed by atoms with E-state index in [0.29, 0.717) is 0 Å². The van der Waals surface area contributed by atoms with Crippen molar-refractivity contribution < 1.29 is 150 Å². The third-order valence-corrected chi connectivity index (χ3v) is 0. The molecule has 35 heavy (non-hydrogen) atoms. The Bertz CT molecular complexity index is 396. The smallest absolute Gasteiger partial charge is 0.550 e. The van der Waals surface area contributed by atoms with Crippen LogP contribution in [0.3, 0.4) is 0 Å². The van der Waals surface area contributed by atoms with Crippen LogP contribution in [0.25, 0.3) is 0 Å². The summed E-state index contributed by atoms with van der Waals surface area (Å²) in [4.78, 5) is 71.1. The normalized spacial score (nSPS) is 5.71. The fraction of sp³-hybridized carbons (Fsp3) is 0.500. The van der Waals surface area contributed by atoms with Crippen molar-refractivity contribution in [2.45, 2.75) is 55.4 Å². The van der Waals surface area contributed by atoms with Gasteiger partial charge in [0.15, 0.2) is 0 Å². The van der Waals surface area contributed by atoms with Crippen LogP contribution in [0.5, 0.6) is 0 Å². The average Bonchev–Trinajstić information content (AvgIpc) is 2.30. The molecule has 0 aromatic heterocycles. The number of carboxylic acids is 8. The molecule has 0 spiro atoms. The number of carbonyl (C=O) groups is 8. The van der Waals surface area contributed by atoms with E-state index in [2.05, 4.69) is 0 Å². The van der Waals surface area contributed by atoms with Crippen molar-refractivity contribution in [1.82, 2.24) is 0 Å². The number of rotatable bonds is 0. The van der Waals surface area contributed by atoms with E-state index in [1.807, 2.05) is 0 Å². The molecule has 0 N–H and O–H groups in total. The van der Waals surface area contributed by atoms with Crippen LogP contribution in [0.2, 0.25) is 0 Å². The third-order valence-electron chi connectivity index (χ3n) is 0. The van der Waals surface area contributed by atoms with Crippen LogP contribution in [0, 0.1) is 0 Å². The van der Waals surface area contributed by atoms with Gasteiger partial charge in [-0.1, -0.05) is 0 Å². The first-order chi connectivity index (χ1) is 13.9. The molecule has 0 saturated heterocycles. The Labute approximate surface area is 252 Å². The third kappa shape index (κ3) is 6490. The van der Waals surface area contributed by atoms with E-state index in [4.69, 9.17) is 79.2 Å². The molecule has 0 aliphatic carbocycles. The van der Waals surface area contributed by atoms with E-state index in [9.17, 15) is 0 Å². The van der Waals surface area contributed by atoms with Crippen LogP contribution in [0.4, 0.5) is 0 Å². The first-order valence-electron chi connectivity index (χ1n) is 7.27. The van der Waals surface area contributed by atoms with Gasteiger partial charge in [-0.15, -0.1) is 0 Å². The van der Waals surface area contributed by atoms with Gasteiger partial charge in [0, 0.05) is 47.8 Å². The largest absolute Gasteiger partial charge is 2.00 e. The second kappa shape index (κ2) is 63.5. The predicted molar refractivity (Wildman–Crippen MR) is 89.9 cm³/mol. The fourth-order valence-electron chi connectivity index (χ4n) is 0. The molecule has 0 heterocycles. The van der Waals surface area contributed by atoms with E-state index in [-0.39, 0.29) is 70.9 Å². The standard InChI is InChI=1S/8C2H4O2.2Ag.Pd/c8*1-2(3)4;;;/h8*1H3,(H,3,4);;;/q;;;;;;;;2*+1;+2/p-4. The molecule has 0 aromatic rings. The summed E-state index contributed by atoms with van der Waals surface area (Å²) in [6, 6.07) is 0. The molecular weight excluding hydrogens is 770 g/mol. The Morgan fingerprint density at radius 1 is 0.314 bits per heavy atom. The SMILES string of the molecule is CC(=O)[O-].CC(=O)[O-].CC(=O)[O-].CC(=O)[O-].CC(=O)[O-].CC(=O)[O-].CC(=O)[O-].CC(=O)[O-].[Ag+].[Ag+].[H+].[H+].[H+].[H+].[Pd+2]. The molecule has 0 rings (SSSR count). The van der Waals surface area contributed by atoms with Gasteiger partial charge in [0.05, 0.1) is 0 Å². The number of carbonyl (C=O) groups excluding carboxylic acids is 8. The molecular formula is C16H28Ag2O16Pd. The van der Waals surface area contributed by atoms with Crippen molar-refractivity contribution in [1.29, 1.82) is 0 Å². The molecule has 0 bridgehead atoms. The van der Waals surface area contributed by atoms with E-state index in [1.165, 1.54) is 0 Å². The Kier molecular flexibility index (Phi) is 127.